The molecule has 3 N–H and O–H groups in total. The van der Waals surface area contributed by atoms with E-state index >= 15 is 0 Å². The molecular weight excluding hydrogens is 400 g/mol. The van der Waals surface area contributed by atoms with E-state index in [0.717, 1.165) is 0 Å². The van der Waals surface area contributed by atoms with Gasteiger partial charge in [-0.2, -0.15) is 5.26 Å². The summed E-state index contributed by atoms with van der Waals surface area (Å²) in [5, 5.41) is 12.1. The Labute approximate surface area is 178 Å². The quantitative estimate of drug-likeness (QED) is 0.587. The molecule has 2 aromatic carbocycles. The molecule has 0 spiro atoms. The minimum atomic E-state index is -0.699. The van der Waals surface area contributed by atoms with Crippen molar-refractivity contribution in [3.05, 3.63) is 65.5 Å². The third-order valence-electron chi connectivity index (χ3n) is 4.58. The fraction of sp³-hybridized carbons (Fsp3) is 0.136. The molecule has 1 aromatic heterocycles. The molecule has 9 nitrogen and oxygen atoms in total. The van der Waals surface area contributed by atoms with Crippen molar-refractivity contribution in [2.24, 2.45) is 0 Å². The van der Waals surface area contributed by atoms with Gasteiger partial charge in [-0.15, -0.1) is 0 Å². The maximum atomic E-state index is 12.9. The maximum Gasteiger partial charge on any atom is 0.357 e. The van der Waals surface area contributed by atoms with Gasteiger partial charge in [-0.1, -0.05) is 6.07 Å². The van der Waals surface area contributed by atoms with Crippen molar-refractivity contribution in [2.75, 3.05) is 32.4 Å². The largest absolute Gasteiger partial charge is 0.497 e. The third-order valence-corrected chi connectivity index (χ3v) is 4.58. The highest BCUT2D eigenvalue weighted by molar-refractivity contribution is 6.05. The monoisotopic (exact) mass is 420 g/mol. The number of benzene rings is 2. The van der Waals surface area contributed by atoms with Crippen molar-refractivity contribution in [3.63, 3.8) is 0 Å². The van der Waals surface area contributed by atoms with E-state index in [-0.39, 0.29) is 16.9 Å². The van der Waals surface area contributed by atoms with Crippen LogP contribution in [0.1, 0.15) is 26.4 Å². The number of methoxy groups -OCH3 is 3. The fourth-order valence-electron chi connectivity index (χ4n) is 3.02. The number of aromatic nitrogens is 1. The summed E-state index contributed by atoms with van der Waals surface area (Å²) in [6.07, 6.45) is 1.42. The molecule has 0 aliphatic carbocycles. The van der Waals surface area contributed by atoms with E-state index in [4.69, 9.17) is 19.9 Å². The molecule has 3 aromatic rings. The van der Waals surface area contributed by atoms with E-state index in [9.17, 15) is 14.9 Å². The molecule has 0 saturated heterocycles. The van der Waals surface area contributed by atoms with Gasteiger partial charge in [0.15, 0.2) is 5.69 Å². The number of hydrogen-bond acceptors (Lipinski definition) is 7. The highest BCUT2D eigenvalue weighted by atomic mass is 16.5. The topological polar surface area (TPSA) is 129 Å². The van der Waals surface area contributed by atoms with Crippen molar-refractivity contribution >= 4 is 23.3 Å². The lowest BCUT2D eigenvalue weighted by Crippen LogP contribution is -2.14. The number of amides is 1. The van der Waals surface area contributed by atoms with Crippen LogP contribution in [-0.4, -0.2) is 37.8 Å². The molecular formula is C22H20N4O5. The SMILES string of the molecule is COC(=O)c1c(N)c(C#N)cn1-c1cccc(C(=O)Nc2cc(OC)ccc2OC)c1. The molecule has 0 radical (unpaired) electrons. The molecule has 0 bridgehead atoms. The van der Waals surface area contributed by atoms with Crippen LogP contribution in [0.5, 0.6) is 11.5 Å². The number of nitrogens with zero attached hydrogens (tertiary/aromatic N) is 2. The minimum Gasteiger partial charge on any atom is -0.497 e. The van der Waals surface area contributed by atoms with Gasteiger partial charge in [-0.3, -0.25) is 4.79 Å². The van der Waals surface area contributed by atoms with Crippen LogP contribution in [0.2, 0.25) is 0 Å². The van der Waals surface area contributed by atoms with Crippen molar-refractivity contribution < 1.29 is 23.8 Å². The molecule has 158 valence electrons. The van der Waals surface area contributed by atoms with Gasteiger partial charge in [0.25, 0.3) is 5.91 Å². The molecule has 0 atom stereocenters. The number of nitrogens with two attached hydrogens (primary N) is 1. The molecule has 0 saturated carbocycles. The van der Waals surface area contributed by atoms with Gasteiger partial charge < -0.3 is 29.8 Å². The predicted octanol–water partition coefficient (Wildman–Crippen LogP) is 2.99. The summed E-state index contributed by atoms with van der Waals surface area (Å²) in [5.74, 6) is -0.0850. The zero-order valence-corrected chi connectivity index (χ0v) is 17.1. The average Bonchev–Trinajstić information content (AvgIpc) is 3.14. The van der Waals surface area contributed by atoms with Crippen LogP contribution in [0, 0.1) is 11.3 Å². The molecule has 0 aliphatic rings. The van der Waals surface area contributed by atoms with Gasteiger partial charge in [-0.25, -0.2) is 4.79 Å². The number of hydrogen-bond donors (Lipinski definition) is 2. The first-order valence-electron chi connectivity index (χ1n) is 9.06. The molecule has 3 rings (SSSR count). The number of ether oxygens (including phenoxy) is 3. The predicted molar refractivity (Wildman–Crippen MR) is 114 cm³/mol. The molecule has 31 heavy (non-hydrogen) atoms. The van der Waals surface area contributed by atoms with Crippen LogP contribution >= 0.6 is 0 Å². The summed E-state index contributed by atoms with van der Waals surface area (Å²) in [5.41, 5.74) is 7.27. The minimum absolute atomic E-state index is 0.00493. The van der Waals surface area contributed by atoms with Crippen molar-refractivity contribution in [2.45, 2.75) is 0 Å². The van der Waals surface area contributed by atoms with Crippen molar-refractivity contribution in [3.8, 4) is 23.3 Å². The highest BCUT2D eigenvalue weighted by Crippen LogP contribution is 2.30. The van der Waals surface area contributed by atoms with Crippen LogP contribution in [0.25, 0.3) is 5.69 Å². The van der Waals surface area contributed by atoms with E-state index in [2.05, 4.69) is 5.32 Å². The normalized spacial score (nSPS) is 10.1. The summed E-state index contributed by atoms with van der Waals surface area (Å²) in [6.45, 7) is 0. The van der Waals surface area contributed by atoms with E-state index in [1.54, 1.807) is 42.5 Å². The van der Waals surface area contributed by atoms with Gasteiger partial charge in [0.2, 0.25) is 0 Å². The van der Waals surface area contributed by atoms with Crippen LogP contribution in [0.3, 0.4) is 0 Å². The molecule has 0 aliphatic heterocycles. The Kier molecular flexibility index (Phi) is 6.12. The van der Waals surface area contributed by atoms with Gasteiger partial charge in [0.1, 0.15) is 17.6 Å². The summed E-state index contributed by atoms with van der Waals surface area (Å²) in [6, 6.07) is 13.5. The maximum absolute atomic E-state index is 12.9. The first-order valence-corrected chi connectivity index (χ1v) is 9.06. The van der Waals surface area contributed by atoms with Gasteiger partial charge in [-0.05, 0) is 30.3 Å². The number of anilines is 2. The summed E-state index contributed by atoms with van der Waals surface area (Å²) < 4.78 is 16.7. The van der Waals surface area contributed by atoms with Gasteiger partial charge >= 0.3 is 5.97 Å². The number of nitrogen functional groups attached to an aromatic ring is 1. The zero-order valence-electron chi connectivity index (χ0n) is 17.1. The lowest BCUT2D eigenvalue weighted by molar-refractivity contribution is 0.0593. The van der Waals surface area contributed by atoms with E-state index in [1.165, 1.54) is 32.1 Å². The molecule has 0 unspecified atom stereocenters. The number of nitriles is 1. The van der Waals surface area contributed by atoms with Crippen LogP contribution in [-0.2, 0) is 4.74 Å². The lowest BCUT2D eigenvalue weighted by Gasteiger charge is -2.13. The van der Waals surface area contributed by atoms with Crippen molar-refractivity contribution in [1.29, 1.82) is 5.26 Å². The number of esters is 1. The Hall–Kier alpha value is -4.45. The fourth-order valence-corrected chi connectivity index (χ4v) is 3.02. The number of rotatable bonds is 6. The summed E-state index contributed by atoms with van der Waals surface area (Å²) >= 11 is 0. The Morgan fingerprint density at radius 1 is 1.10 bits per heavy atom. The van der Waals surface area contributed by atoms with Crippen LogP contribution < -0.4 is 20.5 Å². The summed E-state index contributed by atoms with van der Waals surface area (Å²) in [7, 11) is 4.24. The Bertz CT molecular complexity index is 1190. The second-order valence-corrected chi connectivity index (χ2v) is 6.35. The standard InChI is InChI=1S/C22H20N4O5/c1-29-16-7-8-18(30-2)17(10-16)25-21(27)13-5-4-6-15(9-13)26-12-14(11-23)19(24)20(26)22(28)31-3/h4-10,12H,24H2,1-3H3,(H,25,27). The molecule has 9 heteroatoms. The zero-order chi connectivity index (χ0) is 22.5. The number of nitrogens with one attached hydrogen (secondary N) is 1. The lowest BCUT2D eigenvalue weighted by atomic mass is 10.1. The smallest absolute Gasteiger partial charge is 0.357 e. The van der Waals surface area contributed by atoms with Crippen LogP contribution in [0.4, 0.5) is 11.4 Å². The summed E-state index contributed by atoms with van der Waals surface area (Å²) in [4.78, 5) is 25.1. The number of carbonyl (C=O) groups is 2. The second-order valence-electron chi connectivity index (χ2n) is 6.35. The van der Waals surface area contributed by atoms with Crippen molar-refractivity contribution in [1.82, 2.24) is 4.57 Å². The molecule has 1 amide bonds. The Morgan fingerprint density at radius 3 is 2.52 bits per heavy atom. The van der Waals surface area contributed by atoms with Gasteiger partial charge in [0.05, 0.1) is 38.3 Å². The molecule has 1 heterocycles. The Balaban J connectivity index is 1.99. The number of carbonyl (C=O) groups excluding carboxylic acids is 2. The van der Waals surface area contributed by atoms with E-state index in [1.807, 2.05) is 6.07 Å². The van der Waals surface area contributed by atoms with E-state index in [0.29, 0.717) is 28.4 Å². The third kappa shape index (κ3) is 4.13. The first-order chi connectivity index (χ1) is 14.9. The van der Waals surface area contributed by atoms with Crippen LogP contribution in [0.15, 0.2) is 48.7 Å². The Morgan fingerprint density at radius 2 is 1.87 bits per heavy atom. The average molecular weight is 420 g/mol. The van der Waals surface area contributed by atoms with E-state index < -0.39 is 11.9 Å². The second kappa shape index (κ2) is 8.92. The first kappa shape index (κ1) is 21.3. The van der Waals surface area contributed by atoms with Gasteiger partial charge in [0, 0.05) is 23.5 Å². The molecule has 0 fully saturated rings. The highest BCUT2D eigenvalue weighted by Gasteiger charge is 2.22.